The molecule has 0 saturated carbocycles. The van der Waals surface area contributed by atoms with E-state index in [4.69, 9.17) is 17.3 Å². The van der Waals surface area contributed by atoms with Crippen molar-refractivity contribution >= 4 is 56.2 Å². The number of amides is 2. The van der Waals surface area contributed by atoms with Gasteiger partial charge in [0.25, 0.3) is 11.8 Å². The maximum absolute atomic E-state index is 12.7. The summed E-state index contributed by atoms with van der Waals surface area (Å²) in [4.78, 5) is 25.7. The minimum Gasteiger partial charge on any atom is -0.397 e. The average molecular weight is 450 g/mol. The molecule has 0 spiro atoms. The van der Waals surface area contributed by atoms with E-state index >= 15 is 0 Å². The Kier molecular flexibility index (Phi) is 5.93. The summed E-state index contributed by atoms with van der Waals surface area (Å²) in [7, 11) is 0. The first-order chi connectivity index (χ1) is 14.9. The summed E-state index contributed by atoms with van der Waals surface area (Å²) in [5.74, 6) is -0.374. The van der Waals surface area contributed by atoms with E-state index in [-0.39, 0.29) is 17.9 Å². The van der Waals surface area contributed by atoms with Gasteiger partial charge in [0.05, 0.1) is 22.3 Å². The lowest BCUT2D eigenvalue weighted by atomic mass is 10.1. The number of halogens is 1. The third-order valence-electron chi connectivity index (χ3n) is 4.93. The van der Waals surface area contributed by atoms with Gasteiger partial charge in [-0.2, -0.15) is 0 Å². The second kappa shape index (κ2) is 8.79. The molecular formula is C24H20ClN3O2S. The summed E-state index contributed by atoms with van der Waals surface area (Å²) in [6, 6.07) is 21.5. The van der Waals surface area contributed by atoms with Crippen LogP contribution in [0.4, 0.5) is 11.4 Å². The van der Waals surface area contributed by atoms with Crippen molar-refractivity contribution in [2.24, 2.45) is 0 Å². The molecule has 0 saturated heterocycles. The normalized spacial score (nSPS) is 11.8. The lowest BCUT2D eigenvalue weighted by Crippen LogP contribution is -2.26. The molecule has 1 atom stereocenters. The van der Waals surface area contributed by atoms with Crippen LogP contribution in [0.5, 0.6) is 0 Å². The van der Waals surface area contributed by atoms with E-state index in [2.05, 4.69) is 10.6 Å². The molecule has 0 radical (unpaired) electrons. The van der Waals surface area contributed by atoms with Gasteiger partial charge in [0.15, 0.2) is 0 Å². The average Bonchev–Trinajstić information content (AvgIpc) is 3.19. The highest BCUT2D eigenvalue weighted by molar-refractivity contribution is 7.20. The van der Waals surface area contributed by atoms with E-state index in [0.717, 1.165) is 15.6 Å². The van der Waals surface area contributed by atoms with E-state index in [9.17, 15) is 9.59 Å². The third kappa shape index (κ3) is 4.71. The Hall–Kier alpha value is -3.35. The van der Waals surface area contributed by atoms with Gasteiger partial charge in [-0.25, -0.2) is 0 Å². The number of para-hydroxylation sites is 2. The van der Waals surface area contributed by atoms with Crippen LogP contribution in [0, 0.1) is 0 Å². The summed E-state index contributed by atoms with van der Waals surface area (Å²) in [5.41, 5.74) is 8.52. The molecule has 1 unspecified atom stereocenters. The number of nitrogen functional groups attached to an aromatic ring is 1. The van der Waals surface area contributed by atoms with Crippen molar-refractivity contribution in [3.05, 3.63) is 93.8 Å². The molecule has 4 N–H and O–H groups in total. The summed E-state index contributed by atoms with van der Waals surface area (Å²) in [5, 5.41) is 7.40. The molecule has 1 heterocycles. The Balaban J connectivity index is 1.50. The highest BCUT2D eigenvalue weighted by atomic mass is 35.5. The van der Waals surface area contributed by atoms with Gasteiger partial charge in [0.1, 0.15) is 0 Å². The molecule has 5 nitrogen and oxygen atoms in total. The topological polar surface area (TPSA) is 84.2 Å². The molecule has 156 valence electrons. The van der Waals surface area contributed by atoms with Crippen molar-refractivity contribution in [1.82, 2.24) is 5.32 Å². The number of carbonyl (C=O) groups is 2. The van der Waals surface area contributed by atoms with Crippen LogP contribution in [0.15, 0.2) is 72.8 Å². The van der Waals surface area contributed by atoms with Gasteiger partial charge in [-0.3, -0.25) is 9.59 Å². The molecule has 1 aromatic heterocycles. The molecule has 7 heteroatoms. The second-order valence-electron chi connectivity index (χ2n) is 7.15. The lowest BCUT2D eigenvalue weighted by Gasteiger charge is -2.14. The van der Waals surface area contributed by atoms with Gasteiger partial charge in [-0.15, -0.1) is 11.3 Å². The zero-order valence-electron chi connectivity index (χ0n) is 16.7. The van der Waals surface area contributed by atoms with Crippen LogP contribution in [0.2, 0.25) is 5.02 Å². The van der Waals surface area contributed by atoms with Crippen LogP contribution in [-0.2, 0) is 0 Å². The number of carbonyl (C=O) groups excluding carboxylic acids is 2. The van der Waals surface area contributed by atoms with Crippen molar-refractivity contribution < 1.29 is 9.59 Å². The van der Waals surface area contributed by atoms with Crippen LogP contribution in [-0.4, -0.2) is 11.8 Å². The van der Waals surface area contributed by atoms with Crippen molar-refractivity contribution in [3.63, 3.8) is 0 Å². The number of rotatable bonds is 5. The van der Waals surface area contributed by atoms with E-state index in [1.165, 1.54) is 11.3 Å². The molecule has 0 bridgehead atoms. The summed E-state index contributed by atoms with van der Waals surface area (Å²) in [6.45, 7) is 1.92. The summed E-state index contributed by atoms with van der Waals surface area (Å²) >= 11 is 7.28. The predicted molar refractivity (Wildman–Crippen MR) is 128 cm³/mol. The van der Waals surface area contributed by atoms with Crippen LogP contribution in [0.1, 0.15) is 38.6 Å². The number of fused-ring (bicyclic) bond motifs is 1. The van der Waals surface area contributed by atoms with Crippen LogP contribution < -0.4 is 16.4 Å². The van der Waals surface area contributed by atoms with E-state index in [1.807, 2.05) is 43.3 Å². The van der Waals surface area contributed by atoms with Crippen LogP contribution >= 0.6 is 22.9 Å². The van der Waals surface area contributed by atoms with Gasteiger partial charge in [-0.05, 0) is 66.4 Å². The molecule has 0 aliphatic heterocycles. The van der Waals surface area contributed by atoms with Gasteiger partial charge in [-0.1, -0.05) is 35.9 Å². The first kappa shape index (κ1) is 20.9. The minimum absolute atomic E-state index is 0.170. The Morgan fingerprint density at radius 1 is 0.968 bits per heavy atom. The van der Waals surface area contributed by atoms with Gasteiger partial charge in [0.2, 0.25) is 0 Å². The predicted octanol–water partition coefficient (Wildman–Crippen LogP) is 5.88. The molecule has 0 aliphatic rings. The van der Waals surface area contributed by atoms with Crippen molar-refractivity contribution in [3.8, 4) is 0 Å². The molecule has 4 rings (SSSR count). The second-order valence-corrected chi connectivity index (χ2v) is 8.67. The van der Waals surface area contributed by atoms with E-state index in [0.29, 0.717) is 26.8 Å². The van der Waals surface area contributed by atoms with Gasteiger partial charge >= 0.3 is 0 Å². The Morgan fingerprint density at radius 3 is 2.45 bits per heavy atom. The number of hydrogen-bond donors (Lipinski definition) is 3. The maximum Gasteiger partial charge on any atom is 0.265 e. The Bertz CT molecular complexity index is 1270. The molecule has 0 fully saturated rings. The summed E-state index contributed by atoms with van der Waals surface area (Å²) in [6.07, 6.45) is 0. The summed E-state index contributed by atoms with van der Waals surface area (Å²) < 4.78 is 0.969. The number of nitrogens with one attached hydrogen (secondary N) is 2. The standard InChI is InChI=1S/C24H20ClN3O2S/c1-14(27-23(29)15-8-10-18(25)11-9-15)16-6-7-17-13-22(31-21(17)12-16)24(30)28-20-5-3-2-4-19(20)26/h2-14H,26H2,1H3,(H,27,29)(H,28,30). The third-order valence-corrected chi connectivity index (χ3v) is 6.28. The van der Waals surface area contributed by atoms with Crippen LogP contribution in [0.3, 0.4) is 0 Å². The quantitative estimate of drug-likeness (QED) is 0.332. The van der Waals surface area contributed by atoms with Crippen molar-refractivity contribution in [2.75, 3.05) is 11.1 Å². The Labute approximate surface area is 188 Å². The molecule has 31 heavy (non-hydrogen) atoms. The number of nitrogens with two attached hydrogens (primary N) is 1. The van der Waals surface area contributed by atoms with Crippen molar-refractivity contribution in [1.29, 1.82) is 0 Å². The minimum atomic E-state index is -0.204. The SMILES string of the molecule is CC(NC(=O)c1ccc(Cl)cc1)c1ccc2cc(C(=O)Nc3ccccc3N)sc2c1. The largest absolute Gasteiger partial charge is 0.397 e. The van der Waals surface area contributed by atoms with E-state index < -0.39 is 0 Å². The number of hydrogen-bond acceptors (Lipinski definition) is 4. The first-order valence-corrected chi connectivity index (χ1v) is 10.9. The fraction of sp³-hybridized carbons (Fsp3) is 0.0833. The lowest BCUT2D eigenvalue weighted by molar-refractivity contribution is 0.0939. The molecule has 0 aliphatic carbocycles. The fourth-order valence-electron chi connectivity index (χ4n) is 3.19. The number of benzene rings is 3. The molecular weight excluding hydrogens is 430 g/mol. The first-order valence-electron chi connectivity index (χ1n) is 9.66. The zero-order chi connectivity index (χ0) is 22.0. The monoisotopic (exact) mass is 449 g/mol. The molecule has 3 aromatic carbocycles. The van der Waals surface area contributed by atoms with Crippen molar-refractivity contribution in [2.45, 2.75) is 13.0 Å². The Morgan fingerprint density at radius 2 is 1.71 bits per heavy atom. The number of anilines is 2. The van der Waals surface area contributed by atoms with Crippen LogP contribution in [0.25, 0.3) is 10.1 Å². The molecule has 4 aromatic rings. The van der Waals surface area contributed by atoms with Gasteiger partial charge < -0.3 is 16.4 Å². The fourth-order valence-corrected chi connectivity index (χ4v) is 4.32. The van der Waals surface area contributed by atoms with Gasteiger partial charge in [0, 0.05) is 15.3 Å². The highest BCUT2D eigenvalue weighted by Crippen LogP contribution is 2.30. The van der Waals surface area contributed by atoms with E-state index in [1.54, 1.807) is 36.4 Å². The maximum atomic E-state index is 12.7. The highest BCUT2D eigenvalue weighted by Gasteiger charge is 2.15. The zero-order valence-corrected chi connectivity index (χ0v) is 18.3. The molecule has 2 amide bonds. The smallest absolute Gasteiger partial charge is 0.265 e. The number of thiophene rings is 1.